The number of para-hydroxylation sites is 1. The number of hydrogen-bond acceptors (Lipinski definition) is 3. The summed E-state index contributed by atoms with van der Waals surface area (Å²) in [5.41, 5.74) is 3.79. The molecule has 3 N–H and O–H groups in total. The standard InChI is InChI=1S/C18H23N3OS/c22-16-4-2-1-3-15(16)11-19-21-17(23)20-18-8-12-5-13(9-18)7-14(6-12)10-18/h1-4,11-14,22H,5-10H2,(H2,20,21,23)/b19-11-. The van der Waals surface area contributed by atoms with Crippen molar-refractivity contribution in [2.24, 2.45) is 22.9 Å². The molecule has 1 aromatic carbocycles. The van der Waals surface area contributed by atoms with E-state index >= 15 is 0 Å². The summed E-state index contributed by atoms with van der Waals surface area (Å²) >= 11 is 5.44. The second kappa shape index (κ2) is 5.78. The molecule has 23 heavy (non-hydrogen) atoms. The molecular formula is C18H23N3OS. The Labute approximate surface area is 142 Å². The third-order valence-corrected chi connectivity index (χ3v) is 5.92. The van der Waals surface area contributed by atoms with Crippen LogP contribution in [0, 0.1) is 17.8 Å². The molecule has 0 heterocycles. The van der Waals surface area contributed by atoms with Crippen molar-refractivity contribution in [1.82, 2.24) is 10.7 Å². The van der Waals surface area contributed by atoms with E-state index in [0.717, 1.165) is 17.8 Å². The van der Waals surface area contributed by atoms with Gasteiger partial charge in [-0.3, -0.25) is 5.43 Å². The average molecular weight is 329 g/mol. The molecule has 4 bridgehead atoms. The van der Waals surface area contributed by atoms with E-state index in [1.54, 1.807) is 18.3 Å². The Morgan fingerprint density at radius 1 is 1.13 bits per heavy atom. The number of nitrogens with one attached hydrogen (secondary N) is 2. The fourth-order valence-corrected chi connectivity index (χ4v) is 5.56. The zero-order valence-electron chi connectivity index (χ0n) is 13.2. The Morgan fingerprint density at radius 3 is 2.35 bits per heavy atom. The number of phenols is 1. The molecule has 0 amide bonds. The number of phenolic OH excluding ortho intramolecular Hbond substituents is 1. The lowest BCUT2D eigenvalue weighted by molar-refractivity contribution is -0.0101. The van der Waals surface area contributed by atoms with E-state index in [9.17, 15) is 5.11 Å². The lowest BCUT2D eigenvalue weighted by Crippen LogP contribution is -2.61. The Morgan fingerprint density at radius 2 is 1.74 bits per heavy atom. The quantitative estimate of drug-likeness (QED) is 0.453. The maximum atomic E-state index is 9.72. The predicted molar refractivity (Wildman–Crippen MR) is 95.5 cm³/mol. The summed E-state index contributed by atoms with van der Waals surface area (Å²) in [5.74, 6) is 2.89. The summed E-state index contributed by atoms with van der Waals surface area (Å²) in [6.07, 6.45) is 9.63. The highest BCUT2D eigenvalue weighted by molar-refractivity contribution is 7.80. The highest BCUT2D eigenvalue weighted by Gasteiger charge is 2.51. The molecule has 0 aromatic heterocycles. The molecule has 0 radical (unpaired) electrons. The van der Waals surface area contributed by atoms with Gasteiger partial charge in [-0.25, -0.2) is 0 Å². The van der Waals surface area contributed by atoms with E-state index in [0.29, 0.717) is 10.7 Å². The lowest BCUT2D eigenvalue weighted by atomic mass is 9.53. The van der Waals surface area contributed by atoms with Crippen LogP contribution in [-0.2, 0) is 0 Å². The van der Waals surface area contributed by atoms with Crippen molar-refractivity contribution in [2.75, 3.05) is 0 Å². The normalized spacial score (nSPS) is 34.7. The summed E-state index contributed by atoms with van der Waals surface area (Å²) < 4.78 is 0. The van der Waals surface area contributed by atoms with E-state index < -0.39 is 0 Å². The molecule has 4 aliphatic carbocycles. The Hall–Kier alpha value is -1.62. The van der Waals surface area contributed by atoms with Gasteiger partial charge in [-0.05, 0) is 80.6 Å². The Bertz CT molecular complexity index is 608. The van der Waals surface area contributed by atoms with Crippen LogP contribution in [0.25, 0.3) is 0 Å². The van der Waals surface area contributed by atoms with E-state index in [1.165, 1.54) is 38.5 Å². The maximum absolute atomic E-state index is 9.72. The largest absolute Gasteiger partial charge is 0.507 e. The van der Waals surface area contributed by atoms with Gasteiger partial charge >= 0.3 is 0 Å². The minimum absolute atomic E-state index is 0.198. The maximum Gasteiger partial charge on any atom is 0.187 e. The molecule has 4 saturated carbocycles. The zero-order chi connectivity index (χ0) is 15.9. The SMILES string of the molecule is Oc1ccccc1/C=N\NC(=S)NC12CC3CC(CC(C3)C1)C2. The number of thiocarbonyl (C=S) groups is 1. The van der Waals surface area contributed by atoms with E-state index in [4.69, 9.17) is 12.2 Å². The topological polar surface area (TPSA) is 56.7 Å². The van der Waals surface area contributed by atoms with Crippen LogP contribution >= 0.6 is 12.2 Å². The van der Waals surface area contributed by atoms with E-state index in [1.807, 2.05) is 12.1 Å². The molecule has 0 unspecified atom stereocenters. The van der Waals surface area contributed by atoms with Crippen LogP contribution in [-0.4, -0.2) is 22.0 Å². The molecule has 5 rings (SSSR count). The Kier molecular flexibility index (Phi) is 3.76. The van der Waals surface area contributed by atoms with Gasteiger partial charge in [-0.1, -0.05) is 12.1 Å². The highest BCUT2D eigenvalue weighted by atomic mass is 32.1. The molecule has 1 aromatic rings. The van der Waals surface area contributed by atoms with Crippen molar-refractivity contribution in [3.63, 3.8) is 0 Å². The van der Waals surface area contributed by atoms with Crippen molar-refractivity contribution in [3.8, 4) is 5.75 Å². The van der Waals surface area contributed by atoms with Crippen molar-refractivity contribution >= 4 is 23.5 Å². The fourth-order valence-electron chi connectivity index (χ4n) is 5.29. The first-order chi connectivity index (χ1) is 11.1. The number of benzene rings is 1. The first-order valence-electron chi connectivity index (χ1n) is 8.51. The number of hydrogen-bond donors (Lipinski definition) is 3. The minimum atomic E-state index is 0.198. The zero-order valence-corrected chi connectivity index (χ0v) is 14.0. The second-order valence-electron chi connectivity index (χ2n) is 7.58. The first-order valence-corrected chi connectivity index (χ1v) is 8.92. The van der Waals surface area contributed by atoms with Crippen LogP contribution in [0.15, 0.2) is 29.4 Å². The number of hydrazone groups is 1. The molecule has 0 saturated heterocycles. The van der Waals surface area contributed by atoms with Crippen LogP contribution in [0.2, 0.25) is 0 Å². The first kappa shape index (κ1) is 14.9. The summed E-state index contributed by atoms with van der Waals surface area (Å²) in [7, 11) is 0. The number of aromatic hydroxyl groups is 1. The molecule has 5 heteroatoms. The summed E-state index contributed by atoms with van der Waals surface area (Å²) in [4.78, 5) is 0. The molecule has 122 valence electrons. The molecular weight excluding hydrogens is 306 g/mol. The lowest BCUT2D eigenvalue weighted by Gasteiger charge is -2.57. The summed E-state index contributed by atoms with van der Waals surface area (Å²) in [6.45, 7) is 0. The third-order valence-electron chi connectivity index (χ3n) is 5.72. The van der Waals surface area contributed by atoms with Crippen molar-refractivity contribution < 1.29 is 5.11 Å². The van der Waals surface area contributed by atoms with E-state index in [-0.39, 0.29) is 11.3 Å². The summed E-state index contributed by atoms with van der Waals surface area (Å²) in [5, 5.41) is 18.0. The van der Waals surface area contributed by atoms with Gasteiger partial charge in [0.05, 0.1) is 6.21 Å². The van der Waals surface area contributed by atoms with Crippen LogP contribution < -0.4 is 10.7 Å². The second-order valence-corrected chi connectivity index (χ2v) is 7.99. The van der Waals surface area contributed by atoms with Crippen molar-refractivity contribution in [1.29, 1.82) is 0 Å². The van der Waals surface area contributed by atoms with Gasteiger partial charge in [0.1, 0.15) is 5.75 Å². The monoisotopic (exact) mass is 329 g/mol. The van der Waals surface area contributed by atoms with Crippen molar-refractivity contribution in [2.45, 2.75) is 44.1 Å². The average Bonchev–Trinajstić information content (AvgIpc) is 2.47. The van der Waals surface area contributed by atoms with E-state index in [2.05, 4.69) is 15.8 Å². The van der Waals surface area contributed by atoms with Gasteiger partial charge in [0.2, 0.25) is 0 Å². The highest BCUT2D eigenvalue weighted by Crippen LogP contribution is 2.55. The van der Waals surface area contributed by atoms with Gasteiger partial charge in [0.25, 0.3) is 0 Å². The molecule has 4 aliphatic rings. The van der Waals surface area contributed by atoms with Gasteiger partial charge in [-0.2, -0.15) is 5.10 Å². The van der Waals surface area contributed by atoms with Crippen molar-refractivity contribution in [3.05, 3.63) is 29.8 Å². The van der Waals surface area contributed by atoms with Crippen LogP contribution in [0.3, 0.4) is 0 Å². The molecule has 4 nitrogen and oxygen atoms in total. The number of nitrogens with zero attached hydrogens (tertiary/aromatic N) is 1. The van der Waals surface area contributed by atoms with Crippen LogP contribution in [0.5, 0.6) is 5.75 Å². The van der Waals surface area contributed by atoms with Crippen LogP contribution in [0.4, 0.5) is 0 Å². The van der Waals surface area contributed by atoms with Gasteiger partial charge in [-0.15, -0.1) is 0 Å². The third kappa shape index (κ3) is 3.07. The fraction of sp³-hybridized carbons (Fsp3) is 0.556. The van der Waals surface area contributed by atoms with Crippen LogP contribution in [0.1, 0.15) is 44.1 Å². The molecule has 0 spiro atoms. The molecule has 0 atom stereocenters. The smallest absolute Gasteiger partial charge is 0.187 e. The minimum Gasteiger partial charge on any atom is -0.507 e. The van der Waals surface area contributed by atoms with Gasteiger partial charge < -0.3 is 10.4 Å². The summed E-state index contributed by atoms with van der Waals surface area (Å²) in [6, 6.07) is 7.12. The molecule has 4 fully saturated rings. The predicted octanol–water partition coefficient (Wildman–Crippen LogP) is 3.16. The Balaban J connectivity index is 1.36. The number of rotatable bonds is 3. The molecule has 0 aliphatic heterocycles. The van der Waals surface area contributed by atoms with Gasteiger partial charge in [0, 0.05) is 11.1 Å². The van der Waals surface area contributed by atoms with Gasteiger partial charge in [0.15, 0.2) is 5.11 Å².